The van der Waals surface area contributed by atoms with E-state index in [0.717, 1.165) is 11.1 Å². The van der Waals surface area contributed by atoms with Crippen LogP contribution in [0.5, 0.6) is 0 Å². The lowest BCUT2D eigenvalue weighted by atomic mass is 10.1. The van der Waals surface area contributed by atoms with Crippen LogP contribution in [0.3, 0.4) is 0 Å². The third kappa shape index (κ3) is 9.50. The van der Waals surface area contributed by atoms with Crippen molar-refractivity contribution in [3.05, 3.63) is 165 Å². The monoisotopic (exact) mass is 704 g/mol. The van der Waals surface area contributed by atoms with Crippen molar-refractivity contribution in [2.75, 3.05) is 10.6 Å². The SMILES string of the molecule is CC(=NNC(=O)c1ccc(C(=O)NN=C(C)c2ccc(NC(=O)c3ccc(Cl)cc3)cc2)cc1)c1ccc(NC(=O)c2ccc(Cl)cc2)cc1. The van der Waals surface area contributed by atoms with Crippen molar-refractivity contribution in [3.8, 4) is 0 Å². The van der Waals surface area contributed by atoms with E-state index >= 15 is 0 Å². The van der Waals surface area contributed by atoms with Crippen LogP contribution in [0.25, 0.3) is 0 Å². The zero-order valence-corrected chi connectivity index (χ0v) is 28.3. The molecule has 0 bridgehead atoms. The van der Waals surface area contributed by atoms with E-state index in [1.807, 2.05) is 0 Å². The lowest BCUT2D eigenvalue weighted by Crippen LogP contribution is -2.21. The second-order valence-electron chi connectivity index (χ2n) is 10.9. The minimum Gasteiger partial charge on any atom is -0.322 e. The van der Waals surface area contributed by atoms with Gasteiger partial charge in [-0.2, -0.15) is 10.2 Å². The van der Waals surface area contributed by atoms with E-state index in [4.69, 9.17) is 23.2 Å². The first-order valence-corrected chi connectivity index (χ1v) is 16.0. The molecule has 0 spiro atoms. The number of nitrogens with one attached hydrogen (secondary N) is 4. The van der Waals surface area contributed by atoms with Gasteiger partial charge in [0.15, 0.2) is 0 Å². The Morgan fingerprint density at radius 1 is 0.400 bits per heavy atom. The molecule has 0 aliphatic heterocycles. The minimum atomic E-state index is -0.454. The second kappa shape index (κ2) is 16.3. The number of amides is 4. The first kappa shape index (κ1) is 35.2. The second-order valence-corrected chi connectivity index (χ2v) is 11.8. The van der Waals surface area contributed by atoms with Crippen LogP contribution in [0.4, 0.5) is 11.4 Å². The van der Waals surface area contributed by atoms with E-state index in [0.29, 0.717) is 55.1 Å². The number of benzene rings is 5. The molecule has 250 valence electrons. The molecule has 0 fully saturated rings. The van der Waals surface area contributed by atoms with Crippen molar-refractivity contribution in [3.63, 3.8) is 0 Å². The molecular weight excluding hydrogens is 675 g/mol. The summed E-state index contributed by atoms with van der Waals surface area (Å²) in [4.78, 5) is 50.3. The van der Waals surface area contributed by atoms with Crippen LogP contribution in [-0.2, 0) is 0 Å². The average molecular weight is 706 g/mol. The van der Waals surface area contributed by atoms with E-state index in [9.17, 15) is 19.2 Å². The maximum absolute atomic E-state index is 12.7. The molecule has 5 aromatic rings. The minimum absolute atomic E-state index is 0.264. The highest BCUT2D eigenvalue weighted by molar-refractivity contribution is 6.31. The lowest BCUT2D eigenvalue weighted by Gasteiger charge is -2.08. The number of carbonyl (C=O) groups is 4. The maximum Gasteiger partial charge on any atom is 0.271 e. The molecule has 50 heavy (non-hydrogen) atoms. The predicted octanol–water partition coefficient (Wildman–Crippen LogP) is 7.81. The van der Waals surface area contributed by atoms with Crippen LogP contribution in [0.2, 0.25) is 10.0 Å². The molecule has 0 radical (unpaired) electrons. The summed E-state index contributed by atoms with van der Waals surface area (Å²) in [6.45, 7) is 3.49. The zero-order chi connectivity index (χ0) is 35.6. The molecule has 4 N–H and O–H groups in total. The third-order valence-electron chi connectivity index (χ3n) is 7.39. The van der Waals surface area contributed by atoms with Gasteiger partial charge in [0.2, 0.25) is 0 Å². The Kier molecular flexibility index (Phi) is 11.5. The van der Waals surface area contributed by atoms with Crippen molar-refractivity contribution in [2.45, 2.75) is 13.8 Å². The number of hydrazone groups is 2. The van der Waals surface area contributed by atoms with Crippen molar-refractivity contribution in [1.82, 2.24) is 10.9 Å². The molecular formula is C38H30Cl2N6O4. The van der Waals surface area contributed by atoms with Crippen molar-refractivity contribution in [1.29, 1.82) is 0 Å². The van der Waals surface area contributed by atoms with E-state index in [1.165, 1.54) is 24.3 Å². The third-order valence-corrected chi connectivity index (χ3v) is 7.90. The summed E-state index contributed by atoms with van der Waals surface area (Å²) < 4.78 is 0. The standard InChI is InChI=1S/C38H30Cl2N6O4/c1-23(25-11-19-33(20-12-25)41-35(47)27-7-15-31(39)16-8-27)43-45-37(49)29-3-5-30(6-4-29)38(50)46-44-24(2)26-13-21-34(22-14-26)42-36(48)28-9-17-32(40)18-10-28/h3-22H,1-2H3,(H,41,47)(H,42,48)(H,45,49)(H,46,50). The van der Waals surface area contributed by atoms with Crippen LogP contribution in [0.15, 0.2) is 132 Å². The molecule has 10 nitrogen and oxygen atoms in total. The van der Waals surface area contributed by atoms with Crippen LogP contribution in [-0.4, -0.2) is 35.1 Å². The fourth-order valence-corrected chi connectivity index (χ4v) is 4.75. The largest absolute Gasteiger partial charge is 0.322 e. The number of nitrogens with zero attached hydrogens (tertiary/aromatic N) is 2. The Bertz CT molecular complexity index is 1930. The van der Waals surface area contributed by atoms with Gasteiger partial charge in [0.05, 0.1) is 11.4 Å². The van der Waals surface area contributed by atoms with Gasteiger partial charge >= 0.3 is 0 Å². The molecule has 0 heterocycles. The Labute approximate surface area is 298 Å². The maximum atomic E-state index is 12.7. The summed E-state index contributed by atoms with van der Waals surface area (Å²) in [6, 6.07) is 33.3. The lowest BCUT2D eigenvalue weighted by molar-refractivity contribution is 0.0943. The summed E-state index contributed by atoms with van der Waals surface area (Å²) in [7, 11) is 0. The van der Waals surface area contributed by atoms with Gasteiger partial charge in [-0.3, -0.25) is 19.2 Å². The Balaban J connectivity index is 1.10. The van der Waals surface area contributed by atoms with Crippen LogP contribution >= 0.6 is 23.2 Å². The molecule has 0 atom stereocenters. The van der Waals surface area contributed by atoms with Gasteiger partial charge in [0.1, 0.15) is 0 Å². The molecule has 0 aliphatic carbocycles. The first-order chi connectivity index (χ1) is 24.0. The smallest absolute Gasteiger partial charge is 0.271 e. The normalized spacial score (nSPS) is 11.4. The van der Waals surface area contributed by atoms with Gasteiger partial charge in [0.25, 0.3) is 23.6 Å². The van der Waals surface area contributed by atoms with Gasteiger partial charge in [-0.1, -0.05) is 47.5 Å². The highest BCUT2D eigenvalue weighted by Gasteiger charge is 2.11. The van der Waals surface area contributed by atoms with Gasteiger partial charge in [0, 0.05) is 43.7 Å². The van der Waals surface area contributed by atoms with Crippen molar-refractivity contribution in [2.24, 2.45) is 10.2 Å². The van der Waals surface area contributed by atoms with E-state index < -0.39 is 11.8 Å². The predicted molar refractivity (Wildman–Crippen MR) is 197 cm³/mol. The van der Waals surface area contributed by atoms with Gasteiger partial charge in [-0.25, -0.2) is 10.9 Å². The fourth-order valence-electron chi connectivity index (χ4n) is 4.50. The molecule has 5 aromatic carbocycles. The molecule has 0 unspecified atom stereocenters. The van der Waals surface area contributed by atoms with Gasteiger partial charge < -0.3 is 10.6 Å². The molecule has 0 aliphatic rings. The van der Waals surface area contributed by atoms with E-state index in [1.54, 1.807) is 111 Å². The molecule has 12 heteroatoms. The highest BCUT2D eigenvalue weighted by atomic mass is 35.5. The zero-order valence-electron chi connectivity index (χ0n) is 26.8. The van der Waals surface area contributed by atoms with E-state index in [2.05, 4.69) is 31.7 Å². The Morgan fingerprint density at radius 3 is 0.980 bits per heavy atom. The number of halogens is 2. The van der Waals surface area contributed by atoms with Crippen molar-refractivity contribution >= 4 is 69.6 Å². The Hall–Kier alpha value is -6.10. The average Bonchev–Trinajstić information content (AvgIpc) is 3.13. The molecule has 0 saturated carbocycles. The number of hydrogen-bond donors (Lipinski definition) is 4. The van der Waals surface area contributed by atoms with Crippen LogP contribution in [0, 0.1) is 0 Å². The number of hydrogen-bond acceptors (Lipinski definition) is 6. The van der Waals surface area contributed by atoms with E-state index in [-0.39, 0.29) is 11.8 Å². The summed E-state index contributed by atoms with van der Waals surface area (Å²) in [6.07, 6.45) is 0. The quantitative estimate of drug-likeness (QED) is 0.0869. The summed E-state index contributed by atoms with van der Waals surface area (Å²) in [5, 5.41) is 15.1. The number of carbonyl (C=O) groups excluding carboxylic acids is 4. The van der Waals surface area contributed by atoms with Crippen LogP contribution < -0.4 is 21.5 Å². The van der Waals surface area contributed by atoms with Crippen molar-refractivity contribution < 1.29 is 19.2 Å². The topological polar surface area (TPSA) is 141 Å². The number of rotatable bonds is 10. The first-order valence-electron chi connectivity index (χ1n) is 15.2. The number of anilines is 2. The van der Waals surface area contributed by atoms with Crippen LogP contribution in [0.1, 0.15) is 66.4 Å². The van der Waals surface area contributed by atoms with Gasteiger partial charge in [-0.05, 0) is 122 Å². The fraction of sp³-hybridized carbons (Fsp3) is 0.0526. The highest BCUT2D eigenvalue weighted by Crippen LogP contribution is 2.16. The summed E-state index contributed by atoms with van der Waals surface area (Å²) >= 11 is 11.8. The Morgan fingerprint density at radius 2 is 0.660 bits per heavy atom. The molecule has 4 amide bonds. The van der Waals surface area contributed by atoms with Gasteiger partial charge in [-0.15, -0.1) is 0 Å². The molecule has 0 saturated heterocycles. The molecule has 5 rings (SSSR count). The summed E-state index contributed by atoms with van der Waals surface area (Å²) in [5.74, 6) is -1.44. The molecule has 0 aromatic heterocycles. The summed E-state index contributed by atoms with van der Waals surface area (Å²) in [5.41, 5.74) is 10.4.